The van der Waals surface area contributed by atoms with Gasteiger partial charge < -0.3 is 10.0 Å². The molecule has 0 saturated carbocycles. The second-order valence-electron chi connectivity index (χ2n) is 4.34. The molecule has 4 heteroatoms. The highest BCUT2D eigenvalue weighted by Gasteiger charge is 2.14. The third-order valence-corrected chi connectivity index (χ3v) is 3.81. The molecule has 2 aromatic rings. The number of hydrogen-bond acceptors (Lipinski definition) is 2. The van der Waals surface area contributed by atoms with Crippen LogP contribution in [0.25, 0.3) is 0 Å². The molecule has 3 nitrogen and oxygen atoms in total. The van der Waals surface area contributed by atoms with Gasteiger partial charge in [0.15, 0.2) is 0 Å². The Kier molecular flexibility index (Phi) is 3.90. The molecule has 2 aromatic carbocycles. The maximum absolute atomic E-state index is 12.3. The fourth-order valence-corrected chi connectivity index (χ4v) is 2.09. The van der Waals surface area contributed by atoms with Crippen molar-refractivity contribution in [2.24, 2.45) is 0 Å². The molecule has 2 rings (SSSR count). The van der Waals surface area contributed by atoms with Gasteiger partial charge in [0.1, 0.15) is 5.75 Å². The van der Waals surface area contributed by atoms with Crippen molar-refractivity contribution in [3.05, 3.63) is 58.1 Å². The summed E-state index contributed by atoms with van der Waals surface area (Å²) in [6.07, 6.45) is 0. The Labute approximate surface area is 120 Å². The first-order chi connectivity index (χ1) is 8.99. The average molecular weight is 320 g/mol. The Bertz CT molecular complexity index is 608. The van der Waals surface area contributed by atoms with Gasteiger partial charge in [-0.15, -0.1) is 0 Å². The molecule has 0 radical (unpaired) electrons. The lowest BCUT2D eigenvalue weighted by Crippen LogP contribution is -2.26. The van der Waals surface area contributed by atoms with E-state index in [1.807, 2.05) is 19.1 Å². The summed E-state index contributed by atoms with van der Waals surface area (Å²) >= 11 is 3.43. The number of aromatic hydroxyl groups is 1. The molecule has 1 amide bonds. The molecule has 0 aliphatic rings. The summed E-state index contributed by atoms with van der Waals surface area (Å²) in [4.78, 5) is 13.9. The van der Waals surface area contributed by atoms with Crippen LogP contribution < -0.4 is 4.90 Å². The molecular weight excluding hydrogens is 306 g/mol. The number of hydrogen-bond donors (Lipinski definition) is 1. The summed E-state index contributed by atoms with van der Waals surface area (Å²) in [6.45, 7) is 1.97. The van der Waals surface area contributed by atoms with Gasteiger partial charge in [0, 0.05) is 22.8 Å². The minimum absolute atomic E-state index is 0.0913. The lowest BCUT2D eigenvalue weighted by Gasteiger charge is -2.17. The molecule has 1 N–H and O–H groups in total. The summed E-state index contributed by atoms with van der Waals surface area (Å²) in [6, 6.07) is 12.1. The van der Waals surface area contributed by atoms with E-state index in [1.165, 1.54) is 0 Å². The Morgan fingerprint density at radius 1 is 1.16 bits per heavy atom. The van der Waals surface area contributed by atoms with Crippen LogP contribution in [0.5, 0.6) is 5.75 Å². The average Bonchev–Trinajstić information content (AvgIpc) is 2.41. The molecular formula is C15H14BrNO2. The van der Waals surface area contributed by atoms with Gasteiger partial charge in [-0.05, 0) is 48.9 Å². The number of halogens is 1. The van der Waals surface area contributed by atoms with Gasteiger partial charge in [-0.2, -0.15) is 0 Å². The fourth-order valence-electron chi connectivity index (χ4n) is 1.71. The number of carbonyl (C=O) groups excluding carboxylic acids is 1. The van der Waals surface area contributed by atoms with Crippen molar-refractivity contribution in [1.29, 1.82) is 0 Å². The van der Waals surface area contributed by atoms with Crippen LogP contribution >= 0.6 is 15.9 Å². The van der Waals surface area contributed by atoms with E-state index in [0.29, 0.717) is 5.56 Å². The molecule has 0 bridgehead atoms. The summed E-state index contributed by atoms with van der Waals surface area (Å²) in [5.41, 5.74) is 2.44. The number of aryl methyl sites for hydroxylation is 1. The maximum atomic E-state index is 12.3. The minimum Gasteiger partial charge on any atom is -0.508 e. The van der Waals surface area contributed by atoms with Crippen LogP contribution in [0.2, 0.25) is 0 Å². The quantitative estimate of drug-likeness (QED) is 0.916. The van der Waals surface area contributed by atoms with E-state index in [1.54, 1.807) is 42.3 Å². The predicted molar refractivity (Wildman–Crippen MR) is 79.7 cm³/mol. The van der Waals surface area contributed by atoms with Crippen molar-refractivity contribution in [2.45, 2.75) is 6.92 Å². The fraction of sp³-hybridized carbons (Fsp3) is 0.133. The second-order valence-corrected chi connectivity index (χ2v) is 5.20. The number of amides is 1. The number of phenols is 1. The molecule has 0 saturated heterocycles. The van der Waals surface area contributed by atoms with Gasteiger partial charge in [0.05, 0.1) is 0 Å². The maximum Gasteiger partial charge on any atom is 0.258 e. The summed E-state index contributed by atoms with van der Waals surface area (Å²) in [5.74, 6) is 0.0917. The Balaban J connectivity index is 2.28. The largest absolute Gasteiger partial charge is 0.508 e. The van der Waals surface area contributed by atoms with Gasteiger partial charge >= 0.3 is 0 Å². The van der Waals surface area contributed by atoms with Gasteiger partial charge in [-0.1, -0.05) is 22.0 Å². The highest BCUT2D eigenvalue weighted by Crippen LogP contribution is 2.22. The minimum atomic E-state index is -0.0913. The normalized spacial score (nSPS) is 10.3. The first kappa shape index (κ1) is 13.6. The van der Waals surface area contributed by atoms with Crippen molar-refractivity contribution < 1.29 is 9.90 Å². The Morgan fingerprint density at radius 2 is 1.79 bits per heavy atom. The van der Waals surface area contributed by atoms with E-state index in [-0.39, 0.29) is 11.7 Å². The lowest BCUT2D eigenvalue weighted by molar-refractivity contribution is 0.0993. The monoisotopic (exact) mass is 319 g/mol. The molecule has 19 heavy (non-hydrogen) atoms. The number of rotatable bonds is 2. The predicted octanol–water partition coefficient (Wildman–Crippen LogP) is 3.74. The number of benzene rings is 2. The van der Waals surface area contributed by atoms with E-state index < -0.39 is 0 Å². The number of carbonyl (C=O) groups is 1. The number of phenolic OH excluding ortho intramolecular Hbond substituents is 1. The highest BCUT2D eigenvalue weighted by molar-refractivity contribution is 9.10. The SMILES string of the molecule is Cc1ccc(C(=O)N(C)c2ccc(O)cc2)cc1Br. The van der Waals surface area contributed by atoms with Crippen LogP contribution in [-0.4, -0.2) is 18.1 Å². The number of nitrogens with zero attached hydrogens (tertiary/aromatic N) is 1. The van der Waals surface area contributed by atoms with E-state index in [0.717, 1.165) is 15.7 Å². The van der Waals surface area contributed by atoms with Crippen molar-refractivity contribution >= 4 is 27.5 Å². The van der Waals surface area contributed by atoms with Gasteiger partial charge in [-0.25, -0.2) is 0 Å². The third-order valence-electron chi connectivity index (χ3n) is 2.96. The van der Waals surface area contributed by atoms with Crippen molar-refractivity contribution in [3.63, 3.8) is 0 Å². The molecule has 0 aliphatic carbocycles. The van der Waals surface area contributed by atoms with Gasteiger partial charge in [0.25, 0.3) is 5.91 Å². The topological polar surface area (TPSA) is 40.5 Å². The molecule has 0 fully saturated rings. The van der Waals surface area contributed by atoms with Crippen molar-refractivity contribution in [2.75, 3.05) is 11.9 Å². The van der Waals surface area contributed by atoms with Crippen LogP contribution in [0.3, 0.4) is 0 Å². The first-order valence-electron chi connectivity index (χ1n) is 5.82. The molecule has 0 spiro atoms. The Morgan fingerprint density at radius 3 is 2.37 bits per heavy atom. The van der Waals surface area contributed by atoms with E-state index in [4.69, 9.17) is 0 Å². The first-order valence-corrected chi connectivity index (χ1v) is 6.61. The second kappa shape index (κ2) is 5.45. The molecule has 0 atom stereocenters. The van der Waals surface area contributed by atoms with Crippen molar-refractivity contribution in [1.82, 2.24) is 0 Å². The van der Waals surface area contributed by atoms with E-state index in [9.17, 15) is 9.90 Å². The van der Waals surface area contributed by atoms with E-state index in [2.05, 4.69) is 15.9 Å². The highest BCUT2D eigenvalue weighted by atomic mass is 79.9. The van der Waals surface area contributed by atoms with Gasteiger partial charge in [0.2, 0.25) is 0 Å². The van der Waals surface area contributed by atoms with Crippen LogP contribution in [0.15, 0.2) is 46.9 Å². The molecule has 0 heterocycles. The zero-order valence-electron chi connectivity index (χ0n) is 10.7. The smallest absolute Gasteiger partial charge is 0.258 e. The van der Waals surface area contributed by atoms with Crippen LogP contribution in [0.4, 0.5) is 5.69 Å². The lowest BCUT2D eigenvalue weighted by atomic mass is 10.1. The van der Waals surface area contributed by atoms with Crippen molar-refractivity contribution in [3.8, 4) is 5.75 Å². The standard InChI is InChI=1S/C15H14BrNO2/c1-10-3-4-11(9-14(10)16)15(19)17(2)12-5-7-13(18)8-6-12/h3-9,18H,1-2H3. The summed E-state index contributed by atoms with van der Waals surface area (Å²) < 4.78 is 0.914. The summed E-state index contributed by atoms with van der Waals surface area (Å²) in [7, 11) is 1.71. The Hall–Kier alpha value is -1.81. The summed E-state index contributed by atoms with van der Waals surface area (Å²) in [5, 5.41) is 9.25. The van der Waals surface area contributed by atoms with Gasteiger partial charge in [-0.3, -0.25) is 4.79 Å². The van der Waals surface area contributed by atoms with Crippen LogP contribution in [0, 0.1) is 6.92 Å². The molecule has 98 valence electrons. The molecule has 0 unspecified atom stereocenters. The molecule has 0 aliphatic heterocycles. The molecule has 0 aromatic heterocycles. The van der Waals surface area contributed by atoms with Crippen LogP contribution in [-0.2, 0) is 0 Å². The van der Waals surface area contributed by atoms with E-state index >= 15 is 0 Å². The third kappa shape index (κ3) is 2.96. The number of anilines is 1. The van der Waals surface area contributed by atoms with Crippen LogP contribution in [0.1, 0.15) is 15.9 Å². The zero-order chi connectivity index (χ0) is 14.0. The zero-order valence-corrected chi connectivity index (χ0v) is 12.3.